The Balaban J connectivity index is 1.55. The molecule has 1 aromatic carbocycles. The molecule has 26 heavy (non-hydrogen) atoms. The largest absolute Gasteiger partial charge is 0.481 e. The Morgan fingerprint density at radius 1 is 1.15 bits per heavy atom. The molecule has 0 spiro atoms. The molecule has 1 saturated heterocycles. The number of hydrogen-bond acceptors (Lipinski definition) is 3. The lowest BCUT2D eigenvalue weighted by molar-refractivity contribution is -0.140. The molecule has 6 heteroatoms. The highest BCUT2D eigenvalue weighted by atomic mass is 16.4. The normalized spacial score (nSPS) is 22.5. The van der Waals surface area contributed by atoms with Crippen LogP contribution < -0.4 is 5.32 Å². The highest BCUT2D eigenvalue weighted by Crippen LogP contribution is 2.28. The third kappa shape index (κ3) is 4.42. The lowest BCUT2D eigenvalue weighted by Crippen LogP contribution is -2.44. The Kier molecular flexibility index (Phi) is 5.91. The van der Waals surface area contributed by atoms with E-state index in [1.54, 1.807) is 0 Å². The smallest absolute Gasteiger partial charge is 0.303 e. The summed E-state index contributed by atoms with van der Waals surface area (Å²) in [4.78, 5) is 37.7. The van der Waals surface area contributed by atoms with Crippen LogP contribution in [-0.4, -0.2) is 40.4 Å². The molecular formula is C20H26N2O4. The number of hydrogen-bond donors (Lipinski definition) is 2. The first-order valence-corrected chi connectivity index (χ1v) is 9.44. The summed E-state index contributed by atoms with van der Waals surface area (Å²) in [5.41, 5.74) is 1.98. The standard InChI is InChI=1S/C20H26N2O4/c23-18(22-12-4-3-6-16(22)9-11-19(24)25)10-8-15-13-14-5-1-2-7-17(14)21-20(15)26/h1-2,5,7,15-16H,3-4,6,8-13H2,(H,21,26)(H,24,25)/t15-,16+/m0/s1. The number of rotatable bonds is 6. The molecule has 0 aromatic heterocycles. The first-order chi connectivity index (χ1) is 12.5. The van der Waals surface area contributed by atoms with Crippen LogP contribution in [0.3, 0.4) is 0 Å². The van der Waals surface area contributed by atoms with Crippen molar-refractivity contribution in [3.8, 4) is 0 Å². The number of carboxylic acids is 1. The van der Waals surface area contributed by atoms with Gasteiger partial charge in [0.05, 0.1) is 0 Å². The molecule has 1 fully saturated rings. The third-order valence-electron chi connectivity index (χ3n) is 5.46. The molecule has 140 valence electrons. The molecular weight excluding hydrogens is 332 g/mol. The maximum absolute atomic E-state index is 12.7. The second-order valence-electron chi connectivity index (χ2n) is 7.26. The number of aliphatic carboxylic acids is 1. The van der Waals surface area contributed by atoms with E-state index in [4.69, 9.17) is 5.11 Å². The first kappa shape index (κ1) is 18.4. The van der Waals surface area contributed by atoms with Crippen molar-refractivity contribution in [2.24, 2.45) is 5.92 Å². The zero-order chi connectivity index (χ0) is 18.5. The molecule has 2 aliphatic rings. The second-order valence-corrected chi connectivity index (χ2v) is 7.26. The van der Waals surface area contributed by atoms with Gasteiger partial charge in [-0.3, -0.25) is 14.4 Å². The molecule has 2 atom stereocenters. The van der Waals surface area contributed by atoms with Gasteiger partial charge in [-0.15, -0.1) is 0 Å². The van der Waals surface area contributed by atoms with Crippen molar-refractivity contribution in [2.45, 2.75) is 57.4 Å². The predicted molar refractivity (Wildman–Crippen MR) is 97.7 cm³/mol. The summed E-state index contributed by atoms with van der Waals surface area (Å²) < 4.78 is 0. The van der Waals surface area contributed by atoms with Gasteiger partial charge in [0, 0.05) is 37.0 Å². The molecule has 1 aromatic rings. The van der Waals surface area contributed by atoms with Crippen molar-refractivity contribution < 1.29 is 19.5 Å². The molecule has 3 rings (SSSR count). The van der Waals surface area contributed by atoms with Crippen molar-refractivity contribution in [1.82, 2.24) is 4.90 Å². The van der Waals surface area contributed by atoms with Gasteiger partial charge in [-0.1, -0.05) is 18.2 Å². The lowest BCUT2D eigenvalue weighted by atomic mass is 9.89. The Morgan fingerprint density at radius 3 is 2.77 bits per heavy atom. The van der Waals surface area contributed by atoms with Crippen LogP contribution in [0, 0.1) is 5.92 Å². The maximum Gasteiger partial charge on any atom is 0.303 e. The van der Waals surface area contributed by atoms with Crippen LogP contribution in [0.4, 0.5) is 5.69 Å². The molecule has 2 N–H and O–H groups in total. The van der Waals surface area contributed by atoms with E-state index in [-0.39, 0.29) is 30.2 Å². The molecule has 2 amide bonds. The Hall–Kier alpha value is -2.37. The van der Waals surface area contributed by atoms with Gasteiger partial charge < -0.3 is 15.3 Å². The number of anilines is 1. The summed E-state index contributed by atoms with van der Waals surface area (Å²) in [5, 5.41) is 11.8. The van der Waals surface area contributed by atoms with Crippen LogP contribution in [0.25, 0.3) is 0 Å². The number of likely N-dealkylation sites (tertiary alicyclic amines) is 1. The molecule has 2 aliphatic heterocycles. The maximum atomic E-state index is 12.7. The van der Waals surface area contributed by atoms with Gasteiger partial charge >= 0.3 is 5.97 Å². The van der Waals surface area contributed by atoms with E-state index in [9.17, 15) is 14.4 Å². The van der Waals surface area contributed by atoms with E-state index < -0.39 is 5.97 Å². The van der Waals surface area contributed by atoms with Gasteiger partial charge in [0.15, 0.2) is 0 Å². The van der Waals surface area contributed by atoms with Crippen molar-refractivity contribution in [3.63, 3.8) is 0 Å². The summed E-state index contributed by atoms with van der Waals surface area (Å²) >= 11 is 0. The fraction of sp³-hybridized carbons (Fsp3) is 0.550. The van der Waals surface area contributed by atoms with Crippen LogP contribution >= 0.6 is 0 Å². The number of carbonyl (C=O) groups is 3. The number of nitrogens with zero attached hydrogens (tertiary/aromatic N) is 1. The summed E-state index contributed by atoms with van der Waals surface area (Å²) in [6.07, 6.45) is 5.01. The van der Waals surface area contributed by atoms with Gasteiger partial charge in [0.2, 0.25) is 11.8 Å². The number of carboxylic acid groups (broad SMARTS) is 1. The first-order valence-electron chi connectivity index (χ1n) is 9.44. The Labute approximate surface area is 153 Å². The van der Waals surface area contributed by atoms with E-state index in [2.05, 4.69) is 5.32 Å². The number of benzene rings is 1. The molecule has 2 heterocycles. The minimum atomic E-state index is -0.819. The molecule has 0 bridgehead atoms. The zero-order valence-electron chi connectivity index (χ0n) is 14.9. The second kappa shape index (κ2) is 8.34. The number of piperidine rings is 1. The van der Waals surface area contributed by atoms with Crippen LogP contribution in [0.5, 0.6) is 0 Å². The fourth-order valence-corrected chi connectivity index (χ4v) is 4.01. The van der Waals surface area contributed by atoms with Crippen LogP contribution in [0.1, 0.15) is 50.5 Å². The van der Waals surface area contributed by atoms with Gasteiger partial charge in [0.1, 0.15) is 0 Å². The average molecular weight is 358 g/mol. The summed E-state index contributed by atoms with van der Waals surface area (Å²) in [5.74, 6) is -0.971. The SMILES string of the molecule is O=C(O)CC[C@H]1CCCCN1C(=O)CC[C@H]1Cc2ccccc2NC1=O. The summed E-state index contributed by atoms with van der Waals surface area (Å²) in [6, 6.07) is 7.79. The van der Waals surface area contributed by atoms with Gasteiger partial charge in [0.25, 0.3) is 0 Å². The van der Waals surface area contributed by atoms with Crippen LogP contribution in [0.2, 0.25) is 0 Å². The van der Waals surface area contributed by atoms with E-state index in [0.29, 0.717) is 32.2 Å². The number of nitrogens with one attached hydrogen (secondary N) is 1. The number of fused-ring (bicyclic) bond motifs is 1. The monoisotopic (exact) mass is 358 g/mol. The molecule has 0 unspecified atom stereocenters. The van der Waals surface area contributed by atoms with E-state index in [1.165, 1.54) is 0 Å². The van der Waals surface area contributed by atoms with Gasteiger partial charge in [-0.2, -0.15) is 0 Å². The quantitative estimate of drug-likeness (QED) is 0.819. The Morgan fingerprint density at radius 2 is 1.96 bits per heavy atom. The molecule has 0 radical (unpaired) electrons. The van der Waals surface area contributed by atoms with Crippen molar-refractivity contribution in [1.29, 1.82) is 0 Å². The number of amides is 2. The predicted octanol–water partition coefficient (Wildman–Crippen LogP) is 2.82. The van der Waals surface area contributed by atoms with E-state index in [0.717, 1.165) is 30.5 Å². The van der Waals surface area contributed by atoms with Gasteiger partial charge in [-0.25, -0.2) is 0 Å². The lowest BCUT2D eigenvalue weighted by Gasteiger charge is -2.36. The van der Waals surface area contributed by atoms with Gasteiger partial charge in [-0.05, 0) is 50.2 Å². The van der Waals surface area contributed by atoms with Crippen LogP contribution in [0.15, 0.2) is 24.3 Å². The summed E-state index contributed by atoms with van der Waals surface area (Å²) in [6.45, 7) is 0.697. The Bertz CT molecular complexity index is 688. The number of carbonyl (C=O) groups excluding carboxylic acids is 2. The van der Waals surface area contributed by atoms with E-state index in [1.807, 2.05) is 29.2 Å². The highest BCUT2D eigenvalue weighted by Gasteiger charge is 2.30. The molecule has 6 nitrogen and oxygen atoms in total. The average Bonchev–Trinajstić information content (AvgIpc) is 2.64. The van der Waals surface area contributed by atoms with Crippen molar-refractivity contribution in [2.75, 3.05) is 11.9 Å². The summed E-state index contributed by atoms with van der Waals surface area (Å²) in [7, 11) is 0. The minimum absolute atomic E-state index is 0.0161. The molecule has 0 saturated carbocycles. The highest BCUT2D eigenvalue weighted by molar-refractivity contribution is 5.96. The van der Waals surface area contributed by atoms with Crippen molar-refractivity contribution in [3.05, 3.63) is 29.8 Å². The zero-order valence-corrected chi connectivity index (χ0v) is 14.9. The minimum Gasteiger partial charge on any atom is -0.481 e. The van der Waals surface area contributed by atoms with Crippen molar-refractivity contribution >= 4 is 23.5 Å². The number of para-hydroxylation sites is 1. The topological polar surface area (TPSA) is 86.7 Å². The fourth-order valence-electron chi connectivity index (χ4n) is 4.01. The third-order valence-corrected chi connectivity index (χ3v) is 5.46. The van der Waals surface area contributed by atoms with E-state index >= 15 is 0 Å². The van der Waals surface area contributed by atoms with Crippen LogP contribution in [-0.2, 0) is 20.8 Å². The molecule has 0 aliphatic carbocycles.